The summed E-state index contributed by atoms with van der Waals surface area (Å²) in [5.41, 5.74) is 0.219. The molecule has 0 atom stereocenters. The van der Waals surface area contributed by atoms with Crippen molar-refractivity contribution in [2.45, 2.75) is 13.5 Å². The molecule has 132 valence electrons. The van der Waals surface area contributed by atoms with Crippen molar-refractivity contribution in [1.82, 2.24) is 15.2 Å². The van der Waals surface area contributed by atoms with E-state index in [4.69, 9.17) is 0 Å². The van der Waals surface area contributed by atoms with Crippen molar-refractivity contribution >= 4 is 11.8 Å². The van der Waals surface area contributed by atoms with Crippen LogP contribution >= 0.6 is 0 Å². The second-order valence-corrected chi connectivity index (χ2v) is 5.28. The van der Waals surface area contributed by atoms with Gasteiger partial charge in [0.2, 0.25) is 5.91 Å². The fourth-order valence-electron chi connectivity index (χ4n) is 2.16. The van der Waals surface area contributed by atoms with Crippen molar-refractivity contribution in [3.63, 3.8) is 0 Å². The Labute approximate surface area is 142 Å². The Morgan fingerprint density at radius 1 is 1.16 bits per heavy atom. The summed E-state index contributed by atoms with van der Waals surface area (Å²) in [6, 6.07) is 5.08. The van der Waals surface area contributed by atoms with Crippen molar-refractivity contribution < 1.29 is 22.8 Å². The lowest BCUT2D eigenvalue weighted by Gasteiger charge is -2.21. The second-order valence-electron chi connectivity index (χ2n) is 5.28. The first-order valence-electron chi connectivity index (χ1n) is 7.46. The van der Waals surface area contributed by atoms with Crippen LogP contribution < -0.4 is 5.32 Å². The topological polar surface area (TPSA) is 62.3 Å². The van der Waals surface area contributed by atoms with Gasteiger partial charge in [-0.1, -0.05) is 6.07 Å². The zero-order valence-corrected chi connectivity index (χ0v) is 13.4. The minimum absolute atomic E-state index is 0.0249. The van der Waals surface area contributed by atoms with Crippen LogP contribution in [-0.2, 0) is 11.3 Å². The van der Waals surface area contributed by atoms with Gasteiger partial charge in [0.05, 0.1) is 5.56 Å². The molecule has 0 unspecified atom stereocenters. The Morgan fingerprint density at radius 3 is 2.56 bits per heavy atom. The van der Waals surface area contributed by atoms with E-state index in [1.54, 1.807) is 24.5 Å². The molecule has 1 aromatic carbocycles. The Kier molecular flexibility index (Phi) is 6.10. The molecule has 0 aliphatic carbocycles. The summed E-state index contributed by atoms with van der Waals surface area (Å²) in [6.45, 7) is 1.88. The summed E-state index contributed by atoms with van der Waals surface area (Å²) in [7, 11) is 0. The van der Waals surface area contributed by atoms with E-state index in [1.807, 2.05) is 0 Å². The lowest BCUT2D eigenvalue weighted by atomic mass is 10.2. The molecule has 2 rings (SSSR count). The molecule has 0 saturated heterocycles. The van der Waals surface area contributed by atoms with E-state index in [-0.39, 0.29) is 19.0 Å². The quantitative estimate of drug-likeness (QED) is 0.812. The number of amides is 2. The third-order valence-electron chi connectivity index (χ3n) is 3.49. The molecule has 0 bridgehead atoms. The first-order valence-corrected chi connectivity index (χ1v) is 7.46. The summed E-state index contributed by atoms with van der Waals surface area (Å²) in [4.78, 5) is 29.0. The average Bonchev–Trinajstić information content (AvgIpc) is 2.59. The van der Waals surface area contributed by atoms with Crippen LogP contribution in [0.1, 0.15) is 22.8 Å². The highest BCUT2D eigenvalue weighted by Crippen LogP contribution is 2.15. The number of hydrogen-bond acceptors (Lipinski definition) is 3. The van der Waals surface area contributed by atoms with E-state index in [0.717, 1.165) is 11.6 Å². The molecular formula is C17H16F3N3O2. The van der Waals surface area contributed by atoms with Crippen molar-refractivity contribution in [2.24, 2.45) is 0 Å². The van der Waals surface area contributed by atoms with Gasteiger partial charge in [-0.15, -0.1) is 0 Å². The molecule has 8 heteroatoms. The summed E-state index contributed by atoms with van der Waals surface area (Å²) >= 11 is 0. The molecule has 2 amide bonds. The van der Waals surface area contributed by atoms with Gasteiger partial charge in [-0.25, -0.2) is 13.2 Å². The smallest absolute Gasteiger partial charge is 0.254 e. The molecule has 2 aromatic rings. The second kappa shape index (κ2) is 8.27. The molecule has 0 aliphatic heterocycles. The molecule has 1 heterocycles. The van der Waals surface area contributed by atoms with Gasteiger partial charge in [-0.05, 0) is 23.8 Å². The van der Waals surface area contributed by atoms with Crippen LogP contribution in [0.15, 0.2) is 36.7 Å². The number of nitrogens with one attached hydrogen (secondary N) is 1. The zero-order valence-electron chi connectivity index (χ0n) is 13.4. The van der Waals surface area contributed by atoms with Crippen LogP contribution in [0.5, 0.6) is 0 Å². The number of pyridine rings is 1. The van der Waals surface area contributed by atoms with Gasteiger partial charge in [0.25, 0.3) is 5.91 Å². The Balaban J connectivity index is 1.94. The number of benzene rings is 1. The molecule has 25 heavy (non-hydrogen) atoms. The van der Waals surface area contributed by atoms with Crippen molar-refractivity contribution in [1.29, 1.82) is 0 Å². The molecule has 0 saturated carbocycles. The van der Waals surface area contributed by atoms with E-state index in [2.05, 4.69) is 10.3 Å². The SMILES string of the molecule is CC(=O)N(CCNC(=O)c1ccc(F)c(F)c1F)Cc1cccnc1. The Bertz CT molecular complexity index is 769. The summed E-state index contributed by atoms with van der Waals surface area (Å²) in [5.74, 6) is -5.71. The van der Waals surface area contributed by atoms with Crippen LogP contribution in [0.2, 0.25) is 0 Å². The van der Waals surface area contributed by atoms with Gasteiger partial charge >= 0.3 is 0 Å². The first-order chi connectivity index (χ1) is 11.9. The molecule has 0 aliphatic rings. The highest BCUT2D eigenvalue weighted by atomic mass is 19.2. The zero-order chi connectivity index (χ0) is 18.4. The average molecular weight is 351 g/mol. The van der Waals surface area contributed by atoms with Crippen LogP contribution in [0.25, 0.3) is 0 Å². The largest absolute Gasteiger partial charge is 0.350 e. The van der Waals surface area contributed by atoms with Crippen molar-refractivity contribution in [3.8, 4) is 0 Å². The molecule has 1 N–H and O–H groups in total. The van der Waals surface area contributed by atoms with Crippen LogP contribution in [0, 0.1) is 17.5 Å². The van der Waals surface area contributed by atoms with E-state index in [1.165, 1.54) is 11.8 Å². The number of nitrogens with zero attached hydrogens (tertiary/aromatic N) is 2. The molecule has 5 nitrogen and oxygen atoms in total. The maximum absolute atomic E-state index is 13.6. The molecule has 1 aromatic heterocycles. The molecule has 0 radical (unpaired) electrons. The number of rotatable bonds is 6. The van der Waals surface area contributed by atoms with Crippen LogP contribution in [-0.4, -0.2) is 34.8 Å². The van der Waals surface area contributed by atoms with Crippen molar-refractivity contribution in [3.05, 3.63) is 65.2 Å². The van der Waals surface area contributed by atoms with Gasteiger partial charge in [0.1, 0.15) is 0 Å². The van der Waals surface area contributed by atoms with Gasteiger partial charge in [0.15, 0.2) is 17.5 Å². The molecule has 0 fully saturated rings. The standard InChI is InChI=1S/C17H16F3N3O2/c1-11(24)23(10-12-3-2-6-21-9-12)8-7-22-17(25)13-4-5-14(18)16(20)15(13)19/h2-6,9H,7-8,10H2,1H3,(H,22,25). The highest BCUT2D eigenvalue weighted by molar-refractivity contribution is 5.94. The molecule has 0 spiro atoms. The maximum Gasteiger partial charge on any atom is 0.254 e. The fraction of sp³-hybridized carbons (Fsp3) is 0.235. The predicted molar refractivity (Wildman–Crippen MR) is 84.0 cm³/mol. The normalized spacial score (nSPS) is 10.4. The minimum atomic E-state index is -1.70. The third kappa shape index (κ3) is 4.79. The molecular weight excluding hydrogens is 335 g/mol. The lowest BCUT2D eigenvalue weighted by Crippen LogP contribution is -2.37. The highest BCUT2D eigenvalue weighted by Gasteiger charge is 2.19. The van der Waals surface area contributed by atoms with Gasteiger partial charge in [-0.2, -0.15) is 0 Å². The van der Waals surface area contributed by atoms with E-state index >= 15 is 0 Å². The van der Waals surface area contributed by atoms with E-state index in [0.29, 0.717) is 12.6 Å². The first kappa shape index (κ1) is 18.4. The minimum Gasteiger partial charge on any atom is -0.350 e. The number of halogens is 3. The van der Waals surface area contributed by atoms with Gasteiger partial charge in [0, 0.05) is 39.0 Å². The Hall–Kier alpha value is -2.90. The fourth-order valence-corrected chi connectivity index (χ4v) is 2.16. The number of hydrogen-bond donors (Lipinski definition) is 1. The maximum atomic E-state index is 13.6. The Morgan fingerprint density at radius 2 is 1.92 bits per heavy atom. The van der Waals surface area contributed by atoms with Gasteiger partial charge in [-0.3, -0.25) is 14.6 Å². The third-order valence-corrected chi connectivity index (χ3v) is 3.49. The van der Waals surface area contributed by atoms with E-state index in [9.17, 15) is 22.8 Å². The van der Waals surface area contributed by atoms with Crippen molar-refractivity contribution in [2.75, 3.05) is 13.1 Å². The van der Waals surface area contributed by atoms with Gasteiger partial charge < -0.3 is 10.2 Å². The lowest BCUT2D eigenvalue weighted by molar-refractivity contribution is -0.129. The summed E-state index contributed by atoms with van der Waals surface area (Å²) in [5, 5.41) is 2.38. The summed E-state index contributed by atoms with van der Waals surface area (Å²) < 4.78 is 39.6. The van der Waals surface area contributed by atoms with Crippen LogP contribution in [0.4, 0.5) is 13.2 Å². The number of carbonyl (C=O) groups excluding carboxylic acids is 2. The monoisotopic (exact) mass is 351 g/mol. The number of aromatic nitrogens is 1. The number of carbonyl (C=O) groups is 2. The van der Waals surface area contributed by atoms with Crippen LogP contribution in [0.3, 0.4) is 0 Å². The van der Waals surface area contributed by atoms with E-state index < -0.39 is 28.9 Å². The summed E-state index contributed by atoms with van der Waals surface area (Å²) in [6.07, 6.45) is 3.23. The predicted octanol–water partition coefficient (Wildman–Crippen LogP) is 2.28.